The molecular weight excluding hydrogens is 542 g/mol. The number of carbonyl (C=O) groups is 2. The van der Waals surface area contributed by atoms with Crippen LogP contribution in [0.4, 0.5) is 17.6 Å². The second kappa shape index (κ2) is 12.0. The van der Waals surface area contributed by atoms with E-state index in [1.54, 1.807) is 10.6 Å². The van der Waals surface area contributed by atoms with E-state index in [4.69, 9.17) is 9.97 Å². The number of fused-ring (bicyclic) bond motifs is 1. The van der Waals surface area contributed by atoms with Crippen LogP contribution < -0.4 is 26.2 Å². The lowest BCUT2D eigenvalue weighted by molar-refractivity contribution is 0.0927. The average molecular weight is 582 g/mol. The lowest BCUT2D eigenvalue weighted by Gasteiger charge is -2.33. The van der Waals surface area contributed by atoms with E-state index in [-0.39, 0.29) is 29.3 Å². The Balaban J connectivity index is 1.13. The predicted octanol–water partition coefficient (Wildman–Crippen LogP) is 3.66. The van der Waals surface area contributed by atoms with Gasteiger partial charge in [-0.25, -0.2) is 4.98 Å². The SMILES string of the molecule is CC(C)(C)c1ccc(C(=O)N[C@@H]2CCCN(c3nc(Nc4ccc(C(=O)N[C@@H]5CCNC5)cc4)n4ccnc4n3)C2)cc1. The number of carbonyl (C=O) groups excluding carboxylic acids is 2. The third-order valence-corrected chi connectivity index (χ3v) is 8.11. The molecule has 2 fully saturated rings. The van der Waals surface area contributed by atoms with Gasteiger partial charge in [-0.2, -0.15) is 9.97 Å². The second-order valence-electron chi connectivity index (χ2n) is 12.4. The summed E-state index contributed by atoms with van der Waals surface area (Å²) in [4.78, 5) is 41.8. The largest absolute Gasteiger partial charge is 0.348 e. The molecule has 43 heavy (non-hydrogen) atoms. The van der Waals surface area contributed by atoms with Gasteiger partial charge in [0.2, 0.25) is 17.7 Å². The monoisotopic (exact) mass is 581 g/mol. The summed E-state index contributed by atoms with van der Waals surface area (Å²) < 4.78 is 1.79. The highest BCUT2D eigenvalue weighted by Gasteiger charge is 2.25. The van der Waals surface area contributed by atoms with Crippen molar-refractivity contribution in [1.29, 1.82) is 0 Å². The van der Waals surface area contributed by atoms with E-state index in [0.717, 1.165) is 44.6 Å². The fraction of sp³-hybridized carbons (Fsp3) is 0.406. The maximum Gasteiger partial charge on any atom is 0.251 e. The molecule has 0 bridgehead atoms. The van der Waals surface area contributed by atoms with Crippen LogP contribution in [0.3, 0.4) is 0 Å². The van der Waals surface area contributed by atoms with Crippen LogP contribution in [-0.2, 0) is 5.41 Å². The fourth-order valence-electron chi connectivity index (χ4n) is 5.58. The van der Waals surface area contributed by atoms with Gasteiger partial charge in [-0.3, -0.25) is 14.0 Å². The van der Waals surface area contributed by atoms with Crippen LogP contribution in [0.1, 0.15) is 66.3 Å². The Labute approximate surface area is 251 Å². The third-order valence-electron chi connectivity index (χ3n) is 8.11. The van der Waals surface area contributed by atoms with E-state index in [2.05, 4.69) is 51.9 Å². The Morgan fingerprint density at radius 3 is 2.28 bits per heavy atom. The molecule has 0 aliphatic carbocycles. The molecule has 2 amide bonds. The number of hydrogen-bond donors (Lipinski definition) is 4. The van der Waals surface area contributed by atoms with Crippen LogP contribution in [0.5, 0.6) is 0 Å². The minimum atomic E-state index is -0.0739. The molecule has 0 spiro atoms. The van der Waals surface area contributed by atoms with Gasteiger partial charge in [-0.15, -0.1) is 0 Å². The molecule has 4 heterocycles. The summed E-state index contributed by atoms with van der Waals surface area (Å²) >= 11 is 0. The van der Waals surface area contributed by atoms with E-state index in [0.29, 0.717) is 35.3 Å². The Hall–Kier alpha value is -4.51. The van der Waals surface area contributed by atoms with Gasteiger partial charge in [0.25, 0.3) is 11.8 Å². The summed E-state index contributed by atoms with van der Waals surface area (Å²) in [6.45, 7) is 9.60. The van der Waals surface area contributed by atoms with Crippen molar-refractivity contribution in [2.75, 3.05) is 36.4 Å². The normalized spacial score (nSPS) is 18.9. The molecule has 2 aliphatic rings. The van der Waals surface area contributed by atoms with Gasteiger partial charge in [0.1, 0.15) is 0 Å². The number of piperidine rings is 1. The van der Waals surface area contributed by atoms with Gasteiger partial charge >= 0.3 is 0 Å². The van der Waals surface area contributed by atoms with E-state index in [1.807, 2.05) is 54.7 Å². The summed E-state index contributed by atoms with van der Waals surface area (Å²) in [5.41, 5.74) is 3.29. The summed E-state index contributed by atoms with van der Waals surface area (Å²) in [6.07, 6.45) is 6.23. The highest BCUT2D eigenvalue weighted by molar-refractivity contribution is 5.95. The zero-order valence-electron chi connectivity index (χ0n) is 24.9. The van der Waals surface area contributed by atoms with Crippen LogP contribution in [0.25, 0.3) is 5.78 Å². The lowest BCUT2D eigenvalue weighted by atomic mass is 9.86. The molecule has 2 aromatic carbocycles. The lowest BCUT2D eigenvalue weighted by Crippen LogP contribution is -2.48. The predicted molar refractivity (Wildman–Crippen MR) is 167 cm³/mol. The van der Waals surface area contributed by atoms with Gasteiger partial charge in [0.15, 0.2) is 0 Å². The smallest absolute Gasteiger partial charge is 0.251 e. The Morgan fingerprint density at radius 2 is 1.60 bits per heavy atom. The Morgan fingerprint density at radius 1 is 0.907 bits per heavy atom. The van der Waals surface area contributed by atoms with Crippen molar-refractivity contribution in [2.45, 2.75) is 57.5 Å². The topological polar surface area (TPSA) is 129 Å². The number of hydrogen-bond acceptors (Lipinski definition) is 8. The number of amides is 2. The first-order valence-corrected chi connectivity index (χ1v) is 15.0. The molecule has 4 aromatic rings. The molecule has 11 heteroatoms. The van der Waals surface area contributed by atoms with Crippen molar-refractivity contribution in [3.8, 4) is 0 Å². The maximum absolute atomic E-state index is 13.1. The first-order chi connectivity index (χ1) is 20.7. The van der Waals surface area contributed by atoms with Crippen molar-refractivity contribution in [1.82, 2.24) is 35.3 Å². The van der Waals surface area contributed by atoms with Crippen molar-refractivity contribution in [2.24, 2.45) is 0 Å². The minimum absolute atomic E-state index is 0.0294. The van der Waals surface area contributed by atoms with Gasteiger partial charge in [-0.05, 0) is 73.2 Å². The van der Waals surface area contributed by atoms with E-state index in [1.165, 1.54) is 5.56 Å². The molecule has 0 saturated carbocycles. The standard InChI is InChI=1S/C32H39N9O2/c1-32(2,3)23-10-6-21(7-11-23)28(43)36-26-5-4-17-40(20-26)30-38-29-34-16-18-41(29)31(39-30)37-24-12-8-22(9-13-24)27(42)35-25-14-15-33-19-25/h6-13,16,18,25-26,33H,4-5,14-15,17,19-20H2,1-3H3,(H,35,42)(H,36,43)(H,34,37,38,39)/t25-,26-/m1/s1. The number of benzene rings is 2. The van der Waals surface area contributed by atoms with Crippen LogP contribution in [0, 0.1) is 0 Å². The summed E-state index contributed by atoms with van der Waals surface area (Å²) in [6, 6.07) is 15.3. The van der Waals surface area contributed by atoms with Crippen molar-refractivity contribution >= 4 is 35.2 Å². The Kier molecular flexibility index (Phi) is 7.98. The van der Waals surface area contributed by atoms with Crippen LogP contribution in [-0.4, -0.2) is 69.4 Å². The molecule has 0 radical (unpaired) electrons. The first-order valence-electron chi connectivity index (χ1n) is 15.0. The van der Waals surface area contributed by atoms with E-state index < -0.39 is 0 Å². The summed E-state index contributed by atoms with van der Waals surface area (Å²) in [5, 5.41) is 12.9. The number of rotatable bonds is 7. The molecule has 6 rings (SSSR count). The van der Waals surface area contributed by atoms with E-state index in [9.17, 15) is 9.59 Å². The molecule has 2 atom stereocenters. The fourth-order valence-corrected chi connectivity index (χ4v) is 5.58. The Bertz CT molecular complexity index is 1590. The van der Waals surface area contributed by atoms with Gasteiger partial charge in [0, 0.05) is 60.9 Å². The highest BCUT2D eigenvalue weighted by Crippen LogP contribution is 2.24. The minimum Gasteiger partial charge on any atom is -0.348 e. The maximum atomic E-state index is 13.1. The van der Waals surface area contributed by atoms with Gasteiger partial charge in [0.05, 0.1) is 0 Å². The molecule has 2 saturated heterocycles. The molecule has 0 unspecified atom stereocenters. The van der Waals surface area contributed by atoms with Crippen LogP contribution >= 0.6 is 0 Å². The molecule has 4 N–H and O–H groups in total. The number of aromatic nitrogens is 4. The molecule has 2 aromatic heterocycles. The molecular formula is C32H39N9O2. The number of imidazole rings is 1. The average Bonchev–Trinajstić information content (AvgIpc) is 3.70. The van der Waals surface area contributed by atoms with E-state index >= 15 is 0 Å². The molecule has 224 valence electrons. The van der Waals surface area contributed by atoms with Crippen molar-refractivity contribution in [3.63, 3.8) is 0 Å². The quantitative estimate of drug-likeness (QED) is 0.260. The zero-order chi connectivity index (χ0) is 30.0. The molecule has 11 nitrogen and oxygen atoms in total. The number of nitrogens with zero attached hydrogens (tertiary/aromatic N) is 5. The summed E-state index contributed by atoms with van der Waals surface area (Å²) in [7, 11) is 0. The molecule has 2 aliphatic heterocycles. The number of nitrogens with one attached hydrogen (secondary N) is 4. The van der Waals surface area contributed by atoms with Crippen LogP contribution in [0.15, 0.2) is 60.9 Å². The van der Waals surface area contributed by atoms with Crippen molar-refractivity contribution in [3.05, 3.63) is 77.6 Å². The second-order valence-corrected chi connectivity index (χ2v) is 12.4. The van der Waals surface area contributed by atoms with Crippen molar-refractivity contribution < 1.29 is 9.59 Å². The number of anilines is 3. The van der Waals surface area contributed by atoms with Gasteiger partial charge < -0.3 is 26.2 Å². The highest BCUT2D eigenvalue weighted by atomic mass is 16.2. The van der Waals surface area contributed by atoms with Gasteiger partial charge in [-0.1, -0.05) is 32.9 Å². The third kappa shape index (κ3) is 6.61. The van der Waals surface area contributed by atoms with Crippen LogP contribution in [0.2, 0.25) is 0 Å². The zero-order valence-corrected chi connectivity index (χ0v) is 24.9. The first kappa shape index (κ1) is 28.6. The summed E-state index contributed by atoms with van der Waals surface area (Å²) in [5.74, 6) is 1.50.